The smallest absolute Gasteiger partial charge is 0.259 e. The number of hydrogen-bond acceptors (Lipinski definition) is 2. The third-order valence-corrected chi connectivity index (χ3v) is 5.28. The van der Waals surface area contributed by atoms with Gasteiger partial charge in [-0.2, -0.15) is 0 Å². The molecule has 1 aliphatic heterocycles. The van der Waals surface area contributed by atoms with Gasteiger partial charge in [0.2, 0.25) is 0 Å². The fourth-order valence-corrected chi connectivity index (χ4v) is 3.82. The SMILES string of the molecule is O=C1c2c(c(-c3ccc(F)cc3)nc3ccccc23)CN1c1ccc(Cl)cc1. The molecule has 0 unspecified atom stereocenters. The molecule has 136 valence electrons. The number of carbonyl (C=O) groups is 1. The number of fused-ring (bicyclic) bond motifs is 3. The Morgan fingerprint density at radius 1 is 0.929 bits per heavy atom. The maximum atomic E-state index is 13.4. The number of hydrogen-bond donors (Lipinski definition) is 0. The highest BCUT2D eigenvalue weighted by molar-refractivity contribution is 6.30. The number of halogens is 2. The van der Waals surface area contributed by atoms with Crippen LogP contribution < -0.4 is 4.90 Å². The summed E-state index contributed by atoms with van der Waals surface area (Å²) in [6.45, 7) is 0.403. The summed E-state index contributed by atoms with van der Waals surface area (Å²) < 4.78 is 13.4. The van der Waals surface area contributed by atoms with E-state index in [-0.39, 0.29) is 11.7 Å². The first-order chi connectivity index (χ1) is 13.6. The Bertz CT molecular complexity index is 1220. The number of nitrogens with zero attached hydrogens (tertiary/aromatic N) is 2. The average molecular weight is 389 g/mol. The zero-order valence-corrected chi connectivity index (χ0v) is 15.4. The van der Waals surface area contributed by atoms with Crippen molar-refractivity contribution in [3.63, 3.8) is 0 Å². The lowest BCUT2D eigenvalue weighted by Crippen LogP contribution is -2.22. The van der Waals surface area contributed by atoms with E-state index in [0.29, 0.717) is 22.8 Å². The number of anilines is 1. The minimum atomic E-state index is -0.306. The van der Waals surface area contributed by atoms with Crippen molar-refractivity contribution in [2.45, 2.75) is 6.54 Å². The summed E-state index contributed by atoms with van der Waals surface area (Å²) >= 11 is 6.00. The van der Waals surface area contributed by atoms with E-state index in [2.05, 4.69) is 0 Å². The van der Waals surface area contributed by atoms with Gasteiger partial charge in [-0.1, -0.05) is 29.8 Å². The second-order valence-corrected chi connectivity index (χ2v) is 7.14. The minimum absolute atomic E-state index is 0.0701. The number of aromatic nitrogens is 1. The number of para-hydroxylation sites is 1. The van der Waals surface area contributed by atoms with Gasteiger partial charge in [-0.05, 0) is 54.6 Å². The van der Waals surface area contributed by atoms with Crippen LogP contribution in [0.15, 0.2) is 72.8 Å². The molecule has 0 saturated heterocycles. The molecule has 0 atom stereocenters. The molecule has 4 aromatic rings. The zero-order chi connectivity index (χ0) is 19.3. The molecule has 0 N–H and O–H groups in total. The normalized spacial score (nSPS) is 13.2. The van der Waals surface area contributed by atoms with Crippen molar-refractivity contribution in [2.24, 2.45) is 0 Å². The number of pyridine rings is 1. The maximum absolute atomic E-state index is 13.4. The van der Waals surface area contributed by atoms with Crippen LogP contribution in [-0.4, -0.2) is 10.9 Å². The molecule has 3 aromatic carbocycles. The van der Waals surface area contributed by atoms with Crippen molar-refractivity contribution in [1.82, 2.24) is 4.98 Å². The second kappa shape index (κ2) is 6.43. The van der Waals surface area contributed by atoms with Crippen LogP contribution in [0, 0.1) is 5.82 Å². The number of amides is 1. The Balaban J connectivity index is 1.73. The molecule has 0 aliphatic carbocycles. The monoisotopic (exact) mass is 388 g/mol. The molecule has 1 aliphatic rings. The van der Waals surface area contributed by atoms with E-state index in [4.69, 9.17) is 16.6 Å². The van der Waals surface area contributed by atoms with Crippen LogP contribution >= 0.6 is 11.6 Å². The molecule has 5 rings (SSSR count). The summed E-state index contributed by atoms with van der Waals surface area (Å²) in [6.07, 6.45) is 0. The molecule has 0 bridgehead atoms. The van der Waals surface area contributed by atoms with Gasteiger partial charge in [0.05, 0.1) is 23.3 Å². The maximum Gasteiger partial charge on any atom is 0.259 e. The minimum Gasteiger partial charge on any atom is -0.304 e. The Kier molecular flexibility index (Phi) is 3.88. The fourth-order valence-electron chi connectivity index (χ4n) is 3.69. The number of benzene rings is 3. The zero-order valence-electron chi connectivity index (χ0n) is 14.7. The van der Waals surface area contributed by atoms with Crippen LogP contribution in [0.5, 0.6) is 0 Å². The van der Waals surface area contributed by atoms with Gasteiger partial charge < -0.3 is 4.90 Å². The summed E-state index contributed by atoms with van der Waals surface area (Å²) in [6, 6.07) is 21.0. The summed E-state index contributed by atoms with van der Waals surface area (Å²) in [5.74, 6) is -0.376. The quantitative estimate of drug-likeness (QED) is 0.431. The second-order valence-electron chi connectivity index (χ2n) is 6.71. The summed E-state index contributed by atoms with van der Waals surface area (Å²) in [5.41, 5.74) is 4.52. The predicted molar refractivity (Wildman–Crippen MR) is 109 cm³/mol. The van der Waals surface area contributed by atoms with Gasteiger partial charge in [-0.15, -0.1) is 0 Å². The van der Waals surface area contributed by atoms with E-state index in [1.165, 1.54) is 12.1 Å². The van der Waals surface area contributed by atoms with Crippen molar-refractivity contribution >= 4 is 34.1 Å². The third kappa shape index (κ3) is 2.65. The largest absolute Gasteiger partial charge is 0.304 e. The first-order valence-electron chi connectivity index (χ1n) is 8.87. The van der Waals surface area contributed by atoms with E-state index in [1.807, 2.05) is 36.4 Å². The van der Waals surface area contributed by atoms with Crippen LogP contribution in [0.3, 0.4) is 0 Å². The molecule has 1 aromatic heterocycles. The van der Waals surface area contributed by atoms with Gasteiger partial charge in [0, 0.05) is 27.2 Å². The molecule has 0 radical (unpaired) electrons. The van der Waals surface area contributed by atoms with E-state index in [0.717, 1.165) is 27.7 Å². The molecule has 0 saturated carbocycles. The number of carbonyl (C=O) groups excluding carboxylic acids is 1. The summed E-state index contributed by atoms with van der Waals surface area (Å²) in [7, 11) is 0. The number of rotatable bonds is 2. The average Bonchev–Trinajstić information content (AvgIpc) is 3.06. The van der Waals surface area contributed by atoms with E-state index < -0.39 is 0 Å². The standard InChI is InChI=1S/C23H14ClFN2O/c24-15-7-11-17(12-8-15)27-13-19-21(23(27)28)18-3-1-2-4-20(18)26-22(19)14-5-9-16(25)10-6-14/h1-12H,13H2. The molecule has 3 nitrogen and oxygen atoms in total. The summed E-state index contributed by atoms with van der Waals surface area (Å²) in [5, 5.41) is 1.44. The van der Waals surface area contributed by atoms with Gasteiger partial charge in [-0.25, -0.2) is 9.37 Å². The first kappa shape index (κ1) is 16.9. The first-order valence-corrected chi connectivity index (χ1v) is 9.24. The summed E-state index contributed by atoms with van der Waals surface area (Å²) in [4.78, 5) is 19.9. The molecule has 2 heterocycles. The third-order valence-electron chi connectivity index (χ3n) is 5.02. The molecule has 28 heavy (non-hydrogen) atoms. The Labute approximate surface area is 166 Å². The Morgan fingerprint density at radius 2 is 1.64 bits per heavy atom. The fraction of sp³-hybridized carbons (Fsp3) is 0.0435. The van der Waals surface area contributed by atoms with Gasteiger partial charge in [0.15, 0.2) is 0 Å². The Hall–Kier alpha value is -3.24. The van der Waals surface area contributed by atoms with Gasteiger partial charge in [0.1, 0.15) is 5.82 Å². The Morgan fingerprint density at radius 3 is 2.39 bits per heavy atom. The highest BCUT2D eigenvalue weighted by atomic mass is 35.5. The van der Waals surface area contributed by atoms with Crippen molar-refractivity contribution < 1.29 is 9.18 Å². The lowest BCUT2D eigenvalue weighted by Gasteiger charge is -2.15. The van der Waals surface area contributed by atoms with Crippen molar-refractivity contribution in [3.05, 3.63) is 94.8 Å². The van der Waals surface area contributed by atoms with Gasteiger partial charge in [0.25, 0.3) is 5.91 Å². The lowest BCUT2D eigenvalue weighted by atomic mass is 9.98. The van der Waals surface area contributed by atoms with Gasteiger partial charge in [-0.3, -0.25) is 4.79 Å². The molecule has 5 heteroatoms. The van der Waals surface area contributed by atoms with E-state index in [1.54, 1.807) is 29.2 Å². The van der Waals surface area contributed by atoms with Crippen LogP contribution in [0.25, 0.3) is 22.2 Å². The topological polar surface area (TPSA) is 33.2 Å². The molecule has 1 amide bonds. The predicted octanol–water partition coefficient (Wildman–Crippen LogP) is 5.85. The highest BCUT2D eigenvalue weighted by Gasteiger charge is 2.33. The molecular formula is C23H14ClFN2O. The van der Waals surface area contributed by atoms with Crippen LogP contribution in [0.4, 0.5) is 10.1 Å². The van der Waals surface area contributed by atoms with Crippen molar-refractivity contribution in [1.29, 1.82) is 0 Å². The van der Waals surface area contributed by atoms with Crippen molar-refractivity contribution in [3.8, 4) is 11.3 Å². The lowest BCUT2D eigenvalue weighted by molar-refractivity contribution is 0.0998. The van der Waals surface area contributed by atoms with Crippen molar-refractivity contribution in [2.75, 3.05) is 4.90 Å². The van der Waals surface area contributed by atoms with Crippen LogP contribution in [0.2, 0.25) is 5.02 Å². The van der Waals surface area contributed by atoms with Crippen LogP contribution in [-0.2, 0) is 6.54 Å². The van der Waals surface area contributed by atoms with E-state index in [9.17, 15) is 9.18 Å². The molecular weight excluding hydrogens is 375 g/mol. The van der Waals surface area contributed by atoms with Crippen LogP contribution in [0.1, 0.15) is 15.9 Å². The molecule has 0 spiro atoms. The van der Waals surface area contributed by atoms with E-state index >= 15 is 0 Å². The molecule has 0 fully saturated rings. The highest BCUT2D eigenvalue weighted by Crippen LogP contribution is 2.38. The van der Waals surface area contributed by atoms with Gasteiger partial charge >= 0.3 is 0 Å².